The third-order valence-corrected chi connectivity index (χ3v) is 7.35. The molecule has 33 heavy (non-hydrogen) atoms. The number of hydrogen-bond donors (Lipinski definition) is 0. The first-order valence-corrected chi connectivity index (χ1v) is 12.6. The predicted molar refractivity (Wildman–Crippen MR) is 123 cm³/mol. The van der Waals surface area contributed by atoms with Gasteiger partial charge in [0, 0.05) is 13.1 Å². The van der Waals surface area contributed by atoms with Crippen LogP contribution in [-0.4, -0.2) is 104 Å². The molecule has 1 atom stereocenters. The van der Waals surface area contributed by atoms with Crippen molar-refractivity contribution in [1.29, 1.82) is 0 Å². The first kappa shape index (κ1) is 25.7. The highest BCUT2D eigenvalue weighted by molar-refractivity contribution is 5.83. The van der Waals surface area contributed by atoms with Gasteiger partial charge in [0.15, 0.2) is 0 Å². The van der Waals surface area contributed by atoms with Crippen molar-refractivity contribution in [3.63, 3.8) is 0 Å². The fraction of sp³-hybridized carbons (Fsp3) is 0.875. The van der Waals surface area contributed by atoms with Gasteiger partial charge in [0.2, 0.25) is 0 Å². The van der Waals surface area contributed by atoms with Crippen molar-refractivity contribution in [2.75, 3.05) is 65.6 Å². The first-order chi connectivity index (χ1) is 15.9. The summed E-state index contributed by atoms with van der Waals surface area (Å²) in [6.45, 7) is 13.0. The second-order valence-corrected chi connectivity index (χ2v) is 9.57. The molecule has 0 N–H and O–H groups in total. The average Bonchev–Trinajstić information content (AvgIpc) is 3.14. The van der Waals surface area contributed by atoms with Crippen LogP contribution >= 0.6 is 0 Å². The summed E-state index contributed by atoms with van der Waals surface area (Å²) in [6, 6.07) is 0. The van der Waals surface area contributed by atoms with Crippen LogP contribution in [0.5, 0.6) is 0 Å². The molecule has 0 bridgehead atoms. The number of carbonyl (C=O) groups excluding carboxylic acids is 3. The van der Waals surface area contributed by atoms with E-state index in [1.54, 1.807) is 13.8 Å². The number of rotatable bonds is 10. The van der Waals surface area contributed by atoms with Crippen LogP contribution in [-0.2, 0) is 23.8 Å². The molecule has 0 saturated carbocycles. The zero-order valence-electron chi connectivity index (χ0n) is 20.6. The summed E-state index contributed by atoms with van der Waals surface area (Å²) in [5.41, 5.74) is -0.829. The van der Waals surface area contributed by atoms with Gasteiger partial charge in [-0.3, -0.25) is 14.5 Å². The number of nitrogens with zero attached hydrogens (tertiary/aromatic N) is 3. The van der Waals surface area contributed by atoms with Gasteiger partial charge in [0.25, 0.3) is 0 Å². The minimum atomic E-state index is -0.829. The maximum atomic E-state index is 12.7. The van der Waals surface area contributed by atoms with Gasteiger partial charge in [-0.15, -0.1) is 0 Å². The lowest BCUT2D eigenvalue weighted by Gasteiger charge is -2.39. The van der Waals surface area contributed by atoms with E-state index in [-0.39, 0.29) is 30.6 Å². The zero-order valence-corrected chi connectivity index (χ0v) is 20.6. The van der Waals surface area contributed by atoms with Crippen LogP contribution in [0.4, 0.5) is 4.79 Å². The summed E-state index contributed by atoms with van der Waals surface area (Å²) in [7, 11) is 0. The van der Waals surface area contributed by atoms with Gasteiger partial charge in [-0.25, -0.2) is 4.79 Å². The van der Waals surface area contributed by atoms with E-state index < -0.39 is 5.41 Å². The number of likely N-dealkylation sites (tertiary alicyclic amines) is 2. The third kappa shape index (κ3) is 6.82. The van der Waals surface area contributed by atoms with Crippen LogP contribution in [0.2, 0.25) is 0 Å². The highest BCUT2D eigenvalue weighted by Gasteiger charge is 2.45. The number of ether oxygens (including phenoxy) is 3. The van der Waals surface area contributed by atoms with E-state index in [9.17, 15) is 14.4 Å². The molecule has 9 nitrogen and oxygen atoms in total. The molecule has 3 saturated heterocycles. The van der Waals surface area contributed by atoms with E-state index in [0.717, 1.165) is 39.0 Å². The Bertz CT molecular complexity index is 671. The quantitative estimate of drug-likeness (QED) is 0.357. The molecule has 0 spiro atoms. The van der Waals surface area contributed by atoms with Gasteiger partial charge in [-0.2, -0.15) is 0 Å². The number of cyclic esters (lactones) is 1. The minimum Gasteiger partial charge on any atom is -0.466 e. The topological polar surface area (TPSA) is 88.6 Å². The number of amides is 1. The standard InChI is InChI=1S/C24H41N3O6/c1-4-25-11-7-19(8-12-25)16-27-18-20(33-23(27)30)17-26-13-9-24(10-14-26,22(29)32-6-3)15-21(28)31-5-2/h19-20H,4-18H2,1-3H3. The van der Waals surface area contributed by atoms with Gasteiger partial charge in [0.1, 0.15) is 6.10 Å². The zero-order chi connectivity index (χ0) is 23.8. The molecule has 0 aromatic carbocycles. The normalized spacial score (nSPS) is 24.5. The molecule has 0 aromatic heterocycles. The Hall–Kier alpha value is -1.87. The minimum absolute atomic E-state index is 0.0521. The van der Waals surface area contributed by atoms with Crippen molar-refractivity contribution in [3.05, 3.63) is 0 Å². The smallest absolute Gasteiger partial charge is 0.410 e. The highest BCUT2D eigenvalue weighted by Crippen LogP contribution is 2.37. The van der Waals surface area contributed by atoms with E-state index in [2.05, 4.69) is 16.7 Å². The van der Waals surface area contributed by atoms with E-state index in [0.29, 0.717) is 58.2 Å². The van der Waals surface area contributed by atoms with E-state index in [1.165, 1.54) is 0 Å². The average molecular weight is 468 g/mol. The molecule has 1 amide bonds. The van der Waals surface area contributed by atoms with Crippen molar-refractivity contribution in [3.8, 4) is 0 Å². The molecule has 9 heteroatoms. The van der Waals surface area contributed by atoms with Crippen LogP contribution in [0, 0.1) is 11.3 Å². The Balaban J connectivity index is 1.48. The molecule has 3 aliphatic rings. The fourth-order valence-electron chi connectivity index (χ4n) is 5.29. The van der Waals surface area contributed by atoms with Crippen LogP contribution in [0.3, 0.4) is 0 Å². The SMILES string of the molecule is CCOC(=O)CC1(C(=O)OCC)CCN(CC2CN(CC3CCN(CC)CC3)C(=O)O2)CC1. The summed E-state index contributed by atoms with van der Waals surface area (Å²) in [5, 5.41) is 0. The monoisotopic (exact) mass is 467 g/mol. The Morgan fingerprint density at radius 2 is 1.64 bits per heavy atom. The van der Waals surface area contributed by atoms with Gasteiger partial charge < -0.3 is 24.0 Å². The third-order valence-electron chi connectivity index (χ3n) is 7.35. The summed E-state index contributed by atoms with van der Waals surface area (Å²) in [4.78, 5) is 43.8. The van der Waals surface area contributed by atoms with Gasteiger partial charge in [0.05, 0.1) is 31.6 Å². The number of esters is 2. The maximum absolute atomic E-state index is 12.7. The van der Waals surface area contributed by atoms with Crippen molar-refractivity contribution in [1.82, 2.24) is 14.7 Å². The second-order valence-electron chi connectivity index (χ2n) is 9.57. The lowest BCUT2D eigenvalue weighted by molar-refractivity contribution is -0.165. The first-order valence-electron chi connectivity index (χ1n) is 12.6. The highest BCUT2D eigenvalue weighted by atomic mass is 16.6. The lowest BCUT2D eigenvalue weighted by Crippen LogP contribution is -2.48. The summed E-state index contributed by atoms with van der Waals surface area (Å²) in [5.74, 6) is -0.128. The summed E-state index contributed by atoms with van der Waals surface area (Å²) in [6.07, 6.45) is 3.01. The lowest BCUT2D eigenvalue weighted by atomic mass is 9.75. The Morgan fingerprint density at radius 1 is 0.970 bits per heavy atom. The molecule has 3 rings (SSSR count). The van der Waals surface area contributed by atoms with Gasteiger partial charge in [-0.05, 0) is 78.2 Å². The van der Waals surface area contributed by atoms with Crippen LogP contribution in [0.1, 0.15) is 52.9 Å². The maximum Gasteiger partial charge on any atom is 0.410 e. The molecule has 3 aliphatic heterocycles. The molecule has 1 unspecified atom stereocenters. The largest absolute Gasteiger partial charge is 0.466 e. The molecule has 0 aliphatic carbocycles. The van der Waals surface area contributed by atoms with Crippen molar-refractivity contribution >= 4 is 18.0 Å². The van der Waals surface area contributed by atoms with Crippen molar-refractivity contribution in [2.45, 2.75) is 59.0 Å². The Labute approximate surface area is 197 Å². The van der Waals surface area contributed by atoms with E-state index in [1.807, 2.05) is 4.90 Å². The summed E-state index contributed by atoms with van der Waals surface area (Å²) >= 11 is 0. The van der Waals surface area contributed by atoms with Crippen molar-refractivity contribution < 1.29 is 28.6 Å². The van der Waals surface area contributed by atoms with Crippen LogP contribution in [0.15, 0.2) is 0 Å². The molecular formula is C24H41N3O6. The van der Waals surface area contributed by atoms with Crippen LogP contribution in [0.25, 0.3) is 0 Å². The summed E-state index contributed by atoms with van der Waals surface area (Å²) < 4.78 is 16.1. The van der Waals surface area contributed by atoms with Gasteiger partial charge in [-0.1, -0.05) is 6.92 Å². The Kier molecular flexibility index (Phi) is 9.37. The van der Waals surface area contributed by atoms with Gasteiger partial charge >= 0.3 is 18.0 Å². The Morgan fingerprint density at radius 3 is 2.24 bits per heavy atom. The second kappa shape index (κ2) is 12.0. The number of carbonyl (C=O) groups is 3. The number of hydrogen-bond acceptors (Lipinski definition) is 8. The van der Waals surface area contributed by atoms with E-state index in [4.69, 9.17) is 14.2 Å². The molecule has 0 aromatic rings. The molecule has 3 heterocycles. The number of piperidine rings is 2. The molecule has 188 valence electrons. The van der Waals surface area contributed by atoms with Crippen molar-refractivity contribution in [2.24, 2.45) is 11.3 Å². The van der Waals surface area contributed by atoms with E-state index >= 15 is 0 Å². The molecule has 0 radical (unpaired) electrons. The van der Waals surface area contributed by atoms with Crippen LogP contribution < -0.4 is 0 Å². The molecular weight excluding hydrogens is 426 g/mol. The predicted octanol–water partition coefficient (Wildman–Crippen LogP) is 2.14. The fourth-order valence-corrected chi connectivity index (χ4v) is 5.29. The molecule has 3 fully saturated rings.